The van der Waals surface area contributed by atoms with Crippen LogP contribution in [0.2, 0.25) is 0 Å². The first-order valence-corrected chi connectivity index (χ1v) is 8.10. The third-order valence-corrected chi connectivity index (χ3v) is 3.77. The molecule has 0 bridgehead atoms. The first-order chi connectivity index (χ1) is 8.84. The van der Waals surface area contributed by atoms with Crippen molar-refractivity contribution in [2.24, 2.45) is 0 Å². The zero-order chi connectivity index (χ0) is 14.5. The van der Waals surface area contributed by atoms with Crippen LogP contribution in [0.25, 0.3) is 0 Å². The van der Waals surface area contributed by atoms with E-state index in [1.807, 2.05) is 13.8 Å². The van der Waals surface area contributed by atoms with Crippen molar-refractivity contribution in [1.29, 1.82) is 0 Å². The lowest BCUT2D eigenvalue weighted by atomic mass is 10.2. The van der Waals surface area contributed by atoms with Crippen LogP contribution in [-0.2, 0) is 13.8 Å². The Morgan fingerprint density at radius 2 is 1.95 bits per heavy atom. The van der Waals surface area contributed by atoms with Gasteiger partial charge >= 0.3 is 0 Å². The van der Waals surface area contributed by atoms with E-state index >= 15 is 0 Å². The molecule has 0 aliphatic rings. The van der Waals surface area contributed by atoms with Crippen LogP contribution in [0.4, 0.5) is 0 Å². The Morgan fingerprint density at radius 3 is 2.42 bits per heavy atom. The van der Waals surface area contributed by atoms with Gasteiger partial charge in [0.25, 0.3) is 15.0 Å². The SMILES string of the molecule is CCOC(C)CNC(=O)c1ccc(S(=O)(=O)Cl)cc1. The first kappa shape index (κ1) is 15.9. The molecule has 0 aromatic heterocycles. The molecule has 1 N–H and O–H groups in total. The van der Waals surface area contributed by atoms with Crippen molar-refractivity contribution in [2.45, 2.75) is 24.8 Å². The van der Waals surface area contributed by atoms with Crippen molar-refractivity contribution in [3.63, 3.8) is 0 Å². The van der Waals surface area contributed by atoms with E-state index in [1.54, 1.807) is 0 Å². The Bertz CT molecular complexity index is 527. The molecule has 1 rings (SSSR count). The Balaban J connectivity index is 2.64. The molecular formula is C12H16ClNO4S. The predicted molar refractivity (Wildman–Crippen MR) is 72.9 cm³/mol. The third kappa shape index (κ3) is 5.18. The second-order valence-electron chi connectivity index (χ2n) is 3.94. The Hall–Kier alpha value is -1.11. The molecule has 1 aromatic rings. The van der Waals surface area contributed by atoms with Crippen LogP contribution in [0.5, 0.6) is 0 Å². The van der Waals surface area contributed by atoms with Gasteiger partial charge < -0.3 is 10.1 Å². The maximum Gasteiger partial charge on any atom is 0.261 e. The second kappa shape index (κ2) is 6.88. The number of hydrogen-bond donors (Lipinski definition) is 1. The third-order valence-electron chi connectivity index (χ3n) is 2.40. The van der Waals surface area contributed by atoms with Crippen LogP contribution in [-0.4, -0.2) is 33.6 Å². The standard InChI is InChI=1S/C12H16ClNO4S/c1-3-18-9(2)8-14-12(15)10-4-6-11(7-5-10)19(13,16)17/h4-7,9H,3,8H2,1-2H3,(H,14,15). The van der Waals surface area contributed by atoms with Crippen molar-refractivity contribution < 1.29 is 17.9 Å². The molecular weight excluding hydrogens is 290 g/mol. The van der Waals surface area contributed by atoms with E-state index in [-0.39, 0.29) is 16.9 Å². The van der Waals surface area contributed by atoms with Gasteiger partial charge in [-0.15, -0.1) is 0 Å². The van der Waals surface area contributed by atoms with E-state index in [9.17, 15) is 13.2 Å². The van der Waals surface area contributed by atoms with E-state index in [2.05, 4.69) is 5.32 Å². The quantitative estimate of drug-likeness (QED) is 0.813. The van der Waals surface area contributed by atoms with Gasteiger partial charge in [-0.25, -0.2) is 8.42 Å². The van der Waals surface area contributed by atoms with Gasteiger partial charge in [-0.05, 0) is 38.1 Å². The van der Waals surface area contributed by atoms with Gasteiger partial charge in [0.05, 0.1) is 11.0 Å². The fraction of sp³-hybridized carbons (Fsp3) is 0.417. The summed E-state index contributed by atoms with van der Waals surface area (Å²) in [5, 5.41) is 2.70. The van der Waals surface area contributed by atoms with E-state index in [0.29, 0.717) is 18.7 Å². The topological polar surface area (TPSA) is 72.5 Å². The number of benzene rings is 1. The molecule has 0 spiro atoms. The van der Waals surface area contributed by atoms with Crippen molar-refractivity contribution in [3.05, 3.63) is 29.8 Å². The summed E-state index contributed by atoms with van der Waals surface area (Å²) in [5.74, 6) is -0.287. The summed E-state index contributed by atoms with van der Waals surface area (Å²) >= 11 is 0. The molecule has 0 saturated carbocycles. The van der Waals surface area contributed by atoms with Crippen LogP contribution in [0.15, 0.2) is 29.2 Å². The zero-order valence-electron chi connectivity index (χ0n) is 10.7. The molecule has 5 nitrogen and oxygen atoms in total. The largest absolute Gasteiger partial charge is 0.377 e. The van der Waals surface area contributed by atoms with Crippen molar-refractivity contribution in [2.75, 3.05) is 13.2 Å². The molecule has 0 aliphatic carbocycles. The van der Waals surface area contributed by atoms with Gasteiger partial charge in [0.1, 0.15) is 0 Å². The second-order valence-corrected chi connectivity index (χ2v) is 6.50. The van der Waals surface area contributed by atoms with Crippen molar-refractivity contribution in [3.8, 4) is 0 Å². The molecule has 1 amide bonds. The van der Waals surface area contributed by atoms with Crippen LogP contribution in [0, 0.1) is 0 Å². The van der Waals surface area contributed by atoms with E-state index < -0.39 is 9.05 Å². The molecule has 0 heterocycles. The average molecular weight is 306 g/mol. The van der Waals surface area contributed by atoms with Gasteiger partial charge in [0.2, 0.25) is 0 Å². The highest BCUT2D eigenvalue weighted by atomic mass is 35.7. The predicted octanol–water partition coefficient (Wildman–Crippen LogP) is 1.77. The Labute approximate surface area is 117 Å². The molecule has 0 radical (unpaired) electrons. The lowest BCUT2D eigenvalue weighted by Crippen LogP contribution is -2.32. The lowest BCUT2D eigenvalue weighted by molar-refractivity contribution is 0.0695. The number of carbonyl (C=O) groups is 1. The minimum Gasteiger partial charge on any atom is -0.377 e. The number of ether oxygens (including phenoxy) is 1. The smallest absolute Gasteiger partial charge is 0.261 e. The summed E-state index contributed by atoms with van der Waals surface area (Å²) in [5.41, 5.74) is 0.368. The average Bonchev–Trinajstić information content (AvgIpc) is 2.35. The van der Waals surface area contributed by atoms with E-state index in [1.165, 1.54) is 24.3 Å². The Morgan fingerprint density at radius 1 is 1.37 bits per heavy atom. The normalized spacial score (nSPS) is 13.0. The molecule has 0 saturated heterocycles. The molecule has 19 heavy (non-hydrogen) atoms. The van der Waals surface area contributed by atoms with Gasteiger partial charge in [0, 0.05) is 29.4 Å². The van der Waals surface area contributed by atoms with Crippen molar-refractivity contribution in [1.82, 2.24) is 5.32 Å². The number of hydrogen-bond acceptors (Lipinski definition) is 4. The molecule has 0 aliphatic heterocycles. The molecule has 1 aromatic carbocycles. The van der Waals surface area contributed by atoms with Gasteiger partial charge in [-0.1, -0.05) is 0 Å². The fourth-order valence-electron chi connectivity index (χ4n) is 1.45. The number of amides is 1. The summed E-state index contributed by atoms with van der Waals surface area (Å²) in [7, 11) is 1.43. The molecule has 0 fully saturated rings. The lowest BCUT2D eigenvalue weighted by Gasteiger charge is -2.12. The van der Waals surface area contributed by atoms with Crippen LogP contribution in [0.1, 0.15) is 24.2 Å². The van der Waals surface area contributed by atoms with Crippen LogP contribution >= 0.6 is 10.7 Å². The Kier molecular flexibility index (Phi) is 5.78. The highest BCUT2D eigenvalue weighted by Gasteiger charge is 2.12. The van der Waals surface area contributed by atoms with Gasteiger partial charge in [-0.2, -0.15) is 0 Å². The maximum atomic E-state index is 11.8. The molecule has 7 heteroatoms. The maximum absolute atomic E-state index is 11.8. The highest BCUT2D eigenvalue weighted by Crippen LogP contribution is 2.15. The summed E-state index contributed by atoms with van der Waals surface area (Å²) in [6.07, 6.45) is -0.0727. The number of halogens is 1. The van der Waals surface area contributed by atoms with Crippen LogP contribution in [0.3, 0.4) is 0 Å². The summed E-state index contributed by atoms with van der Waals surface area (Å²) in [6, 6.07) is 5.41. The zero-order valence-corrected chi connectivity index (χ0v) is 12.3. The fourth-order valence-corrected chi connectivity index (χ4v) is 2.22. The minimum atomic E-state index is -3.76. The summed E-state index contributed by atoms with van der Waals surface area (Å²) in [6.45, 7) is 4.71. The molecule has 1 unspecified atom stereocenters. The van der Waals surface area contributed by atoms with Crippen LogP contribution < -0.4 is 5.32 Å². The van der Waals surface area contributed by atoms with Crippen molar-refractivity contribution >= 4 is 25.6 Å². The molecule has 1 atom stereocenters. The molecule has 106 valence electrons. The van der Waals surface area contributed by atoms with Gasteiger partial charge in [0.15, 0.2) is 0 Å². The summed E-state index contributed by atoms with van der Waals surface area (Å²) in [4.78, 5) is 11.7. The number of nitrogens with one attached hydrogen (secondary N) is 1. The van der Waals surface area contributed by atoms with Gasteiger partial charge in [-0.3, -0.25) is 4.79 Å². The highest BCUT2D eigenvalue weighted by molar-refractivity contribution is 8.13. The van der Waals surface area contributed by atoms with E-state index in [0.717, 1.165) is 0 Å². The first-order valence-electron chi connectivity index (χ1n) is 5.79. The number of rotatable bonds is 6. The minimum absolute atomic E-state index is 0.0339. The number of carbonyl (C=O) groups excluding carboxylic acids is 1. The van der Waals surface area contributed by atoms with E-state index in [4.69, 9.17) is 15.4 Å². The summed E-state index contributed by atoms with van der Waals surface area (Å²) < 4.78 is 27.4. The monoisotopic (exact) mass is 305 g/mol.